The van der Waals surface area contributed by atoms with Crippen LogP contribution in [0.4, 0.5) is 0 Å². The third-order valence-electron chi connectivity index (χ3n) is 9.09. The van der Waals surface area contributed by atoms with Gasteiger partial charge in [-0.1, -0.05) is 12.1 Å². The lowest BCUT2D eigenvalue weighted by Gasteiger charge is -2.46. The van der Waals surface area contributed by atoms with Crippen LogP contribution >= 0.6 is 0 Å². The summed E-state index contributed by atoms with van der Waals surface area (Å²) in [4.78, 5) is 13.2. The van der Waals surface area contributed by atoms with Crippen molar-refractivity contribution in [3.8, 4) is 23.0 Å². The van der Waals surface area contributed by atoms with Gasteiger partial charge in [0, 0.05) is 6.08 Å². The third-order valence-corrected chi connectivity index (χ3v) is 9.09. The topological polar surface area (TPSA) is 304 Å². The number of ether oxygens (including phenoxy) is 7. The van der Waals surface area contributed by atoms with Gasteiger partial charge in [-0.05, 0) is 54.8 Å². The molecule has 294 valence electrons. The molecule has 5 rings (SSSR count). The molecule has 3 saturated heterocycles. The van der Waals surface area contributed by atoms with Gasteiger partial charge >= 0.3 is 5.97 Å². The van der Waals surface area contributed by atoms with Gasteiger partial charge < -0.3 is 89.3 Å². The number of hydrogen-bond donors (Lipinski definition) is 11. The van der Waals surface area contributed by atoms with E-state index in [1.165, 1.54) is 49.4 Å². The van der Waals surface area contributed by atoms with E-state index in [4.69, 9.17) is 33.2 Å². The van der Waals surface area contributed by atoms with E-state index in [0.717, 1.165) is 6.08 Å². The number of esters is 1. The van der Waals surface area contributed by atoms with Crippen LogP contribution in [0.2, 0.25) is 0 Å². The molecule has 0 radical (unpaired) electrons. The minimum atomic E-state index is -2.05. The van der Waals surface area contributed by atoms with E-state index >= 15 is 0 Å². The van der Waals surface area contributed by atoms with Crippen molar-refractivity contribution in [3.05, 3.63) is 53.6 Å². The van der Waals surface area contributed by atoms with Crippen LogP contribution in [-0.2, 0) is 44.4 Å². The Bertz CT molecular complexity index is 1570. The maximum absolute atomic E-state index is 13.2. The molecule has 3 fully saturated rings. The lowest BCUT2D eigenvalue weighted by atomic mass is 9.96. The fourth-order valence-corrected chi connectivity index (χ4v) is 5.87. The number of rotatable bonds is 13. The van der Waals surface area contributed by atoms with Crippen LogP contribution in [0.15, 0.2) is 42.5 Å². The first-order valence-electron chi connectivity index (χ1n) is 16.6. The summed E-state index contributed by atoms with van der Waals surface area (Å²) < 4.78 is 40.0. The minimum absolute atomic E-state index is 0.136. The highest BCUT2D eigenvalue weighted by Gasteiger charge is 2.54. The van der Waals surface area contributed by atoms with E-state index in [0.29, 0.717) is 5.56 Å². The highest BCUT2D eigenvalue weighted by atomic mass is 16.8. The maximum Gasteiger partial charge on any atom is 0.331 e. The SMILES string of the molecule is C[C@@H]1O[C@@H](O[C@@H]2[C@@H](O)[C@H](OCCc3ccc(O)c(O)c3)O[C@H](CO[C@@H]3OC[C@](O)(CO)[C@H]3O)[C@H]2OC(=O)/C=C/c2ccc(O)c(O)c2)[C@H](O)[C@H](O)[C@H]1O. The van der Waals surface area contributed by atoms with Crippen LogP contribution in [0.5, 0.6) is 23.0 Å². The number of carbonyl (C=O) groups is 1. The number of aromatic hydroxyl groups is 4. The quantitative estimate of drug-likeness (QED) is 0.0569. The van der Waals surface area contributed by atoms with Gasteiger partial charge in [-0.15, -0.1) is 0 Å². The van der Waals surface area contributed by atoms with Gasteiger partial charge in [-0.3, -0.25) is 0 Å². The molecule has 0 bridgehead atoms. The number of aliphatic hydroxyl groups is 7. The maximum atomic E-state index is 13.2. The predicted octanol–water partition coefficient (Wildman–Crippen LogP) is -2.55. The molecule has 0 unspecified atom stereocenters. The van der Waals surface area contributed by atoms with Crippen molar-refractivity contribution in [2.75, 3.05) is 26.4 Å². The molecule has 2 aromatic carbocycles. The van der Waals surface area contributed by atoms with Gasteiger partial charge in [-0.2, -0.15) is 0 Å². The molecule has 0 amide bonds. The fraction of sp³-hybridized carbons (Fsp3) is 0.559. The Morgan fingerprint density at radius 2 is 1.53 bits per heavy atom. The van der Waals surface area contributed by atoms with E-state index in [2.05, 4.69) is 0 Å². The minimum Gasteiger partial charge on any atom is -0.504 e. The largest absolute Gasteiger partial charge is 0.504 e. The Labute approximate surface area is 302 Å². The number of aliphatic hydroxyl groups excluding tert-OH is 6. The molecule has 11 N–H and O–H groups in total. The van der Waals surface area contributed by atoms with Gasteiger partial charge in [0.2, 0.25) is 0 Å². The van der Waals surface area contributed by atoms with Crippen LogP contribution in [0.25, 0.3) is 6.08 Å². The van der Waals surface area contributed by atoms with Gasteiger partial charge in [0.25, 0.3) is 0 Å². The monoisotopic (exact) mass is 756 g/mol. The van der Waals surface area contributed by atoms with Crippen LogP contribution in [0, 0.1) is 0 Å². The molecular weight excluding hydrogens is 712 g/mol. The molecule has 3 aliphatic rings. The zero-order valence-corrected chi connectivity index (χ0v) is 28.3. The molecular formula is C34H44O19. The molecule has 0 aliphatic carbocycles. The van der Waals surface area contributed by atoms with Crippen LogP contribution < -0.4 is 0 Å². The summed E-state index contributed by atoms with van der Waals surface area (Å²) in [7, 11) is 0. The summed E-state index contributed by atoms with van der Waals surface area (Å²) in [6, 6.07) is 7.83. The van der Waals surface area contributed by atoms with Gasteiger partial charge in [0.15, 0.2) is 48.0 Å². The summed E-state index contributed by atoms with van der Waals surface area (Å²) in [5, 5.41) is 112. The second-order valence-corrected chi connectivity index (χ2v) is 13.0. The van der Waals surface area contributed by atoms with Gasteiger partial charge in [-0.25, -0.2) is 4.79 Å². The molecule has 0 saturated carbocycles. The van der Waals surface area contributed by atoms with E-state index in [1.807, 2.05) is 0 Å². The van der Waals surface area contributed by atoms with Crippen molar-refractivity contribution in [3.63, 3.8) is 0 Å². The van der Waals surface area contributed by atoms with E-state index in [9.17, 15) is 61.0 Å². The Morgan fingerprint density at radius 3 is 2.19 bits per heavy atom. The lowest BCUT2D eigenvalue weighted by Crippen LogP contribution is -2.65. The van der Waals surface area contributed by atoms with Gasteiger partial charge in [0.1, 0.15) is 48.3 Å². The van der Waals surface area contributed by atoms with Crippen molar-refractivity contribution < 1.29 is 94.1 Å². The molecule has 3 aliphatic heterocycles. The van der Waals surface area contributed by atoms with Crippen molar-refractivity contribution in [2.45, 2.75) is 92.8 Å². The second kappa shape index (κ2) is 17.2. The number of benzene rings is 2. The summed E-state index contributed by atoms with van der Waals surface area (Å²) in [6.07, 6.45) is -17.0. The molecule has 2 aromatic rings. The van der Waals surface area contributed by atoms with Crippen LogP contribution in [0.3, 0.4) is 0 Å². The van der Waals surface area contributed by atoms with E-state index in [-0.39, 0.29) is 30.1 Å². The van der Waals surface area contributed by atoms with Crippen molar-refractivity contribution in [1.82, 2.24) is 0 Å². The normalized spacial score (nSPS) is 36.2. The van der Waals surface area contributed by atoms with Gasteiger partial charge in [0.05, 0.1) is 32.5 Å². The first-order chi connectivity index (χ1) is 25.1. The summed E-state index contributed by atoms with van der Waals surface area (Å²) in [6.45, 7) is -0.718. The molecule has 0 spiro atoms. The van der Waals surface area contributed by atoms with Crippen LogP contribution in [-0.4, -0.2) is 168 Å². The van der Waals surface area contributed by atoms with Crippen molar-refractivity contribution >= 4 is 12.0 Å². The Hall–Kier alpha value is -3.67. The highest BCUT2D eigenvalue weighted by Crippen LogP contribution is 2.34. The predicted molar refractivity (Wildman–Crippen MR) is 174 cm³/mol. The number of phenols is 4. The first kappa shape index (κ1) is 40.5. The smallest absolute Gasteiger partial charge is 0.331 e. The zero-order chi connectivity index (χ0) is 38.6. The first-order valence-corrected chi connectivity index (χ1v) is 16.6. The van der Waals surface area contributed by atoms with Crippen LogP contribution in [0.1, 0.15) is 18.1 Å². The summed E-state index contributed by atoms with van der Waals surface area (Å²) in [5.74, 6) is -2.62. The average Bonchev–Trinajstić information content (AvgIpc) is 3.42. The molecule has 3 heterocycles. The number of phenolic OH excluding ortho intramolecular Hbond substituents is 4. The Kier molecular flexibility index (Phi) is 13.2. The molecule has 0 aromatic heterocycles. The number of carbonyl (C=O) groups excluding carboxylic acids is 1. The van der Waals surface area contributed by atoms with Crippen molar-refractivity contribution in [1.29, 1.82) is 0 Å². The van der Waals surface area contributed by atoms with E-state index < -0.39 is 117 Å². The summed E-state index contributed by atoms with van der Waals surface area (Å²) in [5.41, 5.74) is -1.24. The fourth-order valence-electron chi connectivity index (χ4n) is 5.87. The van der Waals surface area contributed by atoms with E-state index in [1.54, 1.807) is 0 Å². The number of hydrogen-bond acceptors (Lipinski definition) is 19. The molecule has 19 heteroatoms. The Morgan fingerprint density at radius 1 is 0.830 bits per heavy atom. The van der Waals surface area contributed by atoms with Crippen molar-refractivity contribution in [2.24, 2.45) is 0 Å². The molecule has 53 heavy (non-hydrogen) atoms. The highest BCUT2D eigenvalue weighted by molar-refractivity contribution is 5.87. The standard InChI is InChI=1S/C34H44O19/c1-15-24(41)25(42)26(43)32(50-15)53-29-27(44)31(47-9-8-17-3-6-19(37)21(39)11-17)51-22(12-48-33-30(45)34(46,13-35)14-49-33)28(29)52-23(40)7-4-16-2-5-18(36)20(38)10-16/h2-7,10-11,15,22,24-33,35-39,41-46H,8-9,12-14H2,1H3/b7-4+/t15-,22+,24-,25+,26+,27+,28+,29+,30-,31+,32-,33+,34+/m0/s1. The zero-order valence-electron chi connectivity index (χ0n) is 28.3. The average molecular weight is 757 g/mol. The Balaban J connectivity index is 1.42. The second-order valence-electron chi connectivity index (χ2n) is 13.0. The molecule has 13 atom stereocenters. The summed E-state index contributed by atoms with van der Waals surface area (Å²) >= 11 is 0. The lowest BCUT2D eigenvalue weighted by molar-refractivity contribution is -0.360. The third kappa shape index (κ3) is 9.35. The molecule has 19 nitrogen and oxygen atoms in total.